The molecule has 2 heterocycles. The number of aromatic nitrogens is 1. The summed E-state index contributed by atoms with van der Waals surface area (Å²) in [5, 5.41) is 3.99. The van der Waals surface area contributed by atoms with E-state index in [4.69, 9.17) is 9.47 Å². The lowest BCUT2D eigenvalue weighted by Gasteiger charge is -2.32. The molecule has 6 heteroatoms. The van der Waals surface area contributed by atoms with E-state index in [9.17, 15) is 4.79 Å². The van der Waals surface area contributed by atoms with Crippen molar-refractivity contribution >= 4 is 17.0 Å². The van der Waals surface area contributed by atoms with Crippen molar-refractivity contribution in [2.45, 2.75) is 90.7 Å². The summed E-state index contributed by atoms with van der Waals surface area (Å²) in [6, 6.07) is 8.60. The maximum Gasteiger partial charge on any atom is 0.407 e. The number of nitrogens with zero attached hydrogens (tertiary/aromatic N) is 2. The summed E-state index contributed by atoms with van der Waals surface area (Å²) in [7, 11) is 0. The largest absolute Gasteiger partial charge is 0.488 e. The number of nitrogens with one attached hydrogen (secondary N) is 1. The summed E-state index contributed by atoms with van der Waals surface area (Å²) in [4.78, 5) is 18.8. The van der Waals surface area contributed by atoms with E-state index in [1.807, 2.05) is 33.0 Å². The van der Waals surface area contributed by atoms with Gasteiger partial charge in [0.1, 0.15) is 17.4 Å². The number of amides is 1. The summed E-state index contributed by atoms with van der Waals surface area (Å²) < 4.78 is 11.8. The number of pyridine rings is 1. The number of ether oxygens (including phenoxy) is 2. The molecule has 188 valence electrons. The van der Waals surface area contributed by atoms with Crippen molar-refractivity contribution in [1.82, 2.24) is 15.2 Å². The lowest BCUT2D eigenvalue weighted by Crippen LogP contribution is -2.41. The van der Waals surface area contributed by atoms with Crippen LogP contribution >= 0.6 is 0 Å². The molecular formula is C28H43N3O3. The van der Waals surface area contributed by atoms with Gasteiger partial charge in [0.05, 0.1) is 6.61 Å². The SMILES string of the molecule is CCCCc1cc(OC2CCN(CCCCCOC(=O)NC(C)(C)C)CC2)c2ncccc2c1. The average molecular weight is 470 g/mol. The molecule has 0 saturated carbocycles. The summed E-state index contributed by atoms with van der Waals surface area (Å²) in [5.41, 5.74) is 2.06. The number of unbranched alkanes of at least 4 members (excludes halogenated alkanes) is 3. The summed E-state index contributed by atoms with van der Waals surface area (Å²) in [6.07, 6.45) is 10.4. The molecular weight excluding hydrogens is 426 g/mol. The van der Waals surface area contributed by atoms with E-state index in [1.54, 1.807) is 0 Å². The molecule has 1 aromatic carbocycles. The third kappa shape index (κ3) is 8.79. The molecule has 1 aliphatic rings. The molecule has 6 nitrogen and oxygen atoms in total. The second-order valence-electron chi connectivity index (χ2n) is 10.5. The summed E-state index contributed by atoms with van der Waals surface area (Å²) in [6.45, 7) is 11.8. The highest BCUT2D eigenvalue weighted by molar-refractivity contribution is 5.85. The topological polar surface area (TPSA) is 63.7 Å². The molecule has 0 unspecified atom stereocenters. The molecule has 34 heavy (non-hydrogen) atoms. The molecule has 1 aromatic heterocycles. The Balaban J connectivity index is 1.38. The number of hydrogen-bond donors (Lipinski definition) is 1. The number of likely N-dealkylation sites (tertiary alicyclic amines) is 1. The molecule has 1 N–H and O–H groups in total. The van der Waals surface area contributed by atoms with Gasteiger partial charge >= 0.3 is 6.09 Å². The van der Waals surface area contributed by atoms with Gasteiger partial charge in [0.2, 0.25) is 0 Å². The zero-order valence-corrected chi connectivity index (χ0v) is 21.6. The molecule has 0 bridgehead atoms. The van der Waals surface area contributed by atoms with Gasteiger partial charge in [0, 0.05) is 30.2 Å². The van der Waals surface area contributed by atoms with Crippen molar-refractivity contribution in [2.24, 2.45) is 0 Å². The number of alkyl carbamates (subject to hydrolysis) is 1. The number of piperidine rings is 1. The Kier molecular flexibility index (Phi) is 10.00. The van der Waals surface area contributed by atoms with Gasteiger partial charge in [0.25, 0.3) is 0 Å². The zero-order chi connectivity index (χ0) is 24.4. The maximum absolute atomic E-state index is 11.7. The van der Waals surface area contributed by atoms with Gasteiger partial charge in [-0.05, 0) is 96.0 Å². The third-order valence-electron chi connectivity index (χ3n) is 6.21. The predicted molar refractivity (Wildman–Crippen MR) is 139 cm³/mol. The molecule has 1 fully saturated rings. The lowest BCUT2D eigenvalue weighted by molar-refractivity contribution is 0.0997. The van der Waals surface area contributed by atoms with Crippen molar-refractivity contribution in [3.63, 3.8) is 0 Å². The van der Waals surface area contributed by atoms with E-state index >= 15 is 0 Å². The number of carbonyl (C=O) groups is 1. The van der Waals surface area contributed by atoms with Gasteiger partial charge in [-0.1, -0.05) is 19.4 Å². The van der Waals surface area contributed by atoms with Gasteiger partial charge in [-0.25, -0.2) is 4.79 Å². The van der Waals surface area contributed by atoms with Crippen molar-refractivity contribution in [3.05, 3.63) is 36.0 Å². The molecule has 0 atom stereocenters. The Morgan fingerprint density at radius 3 is 2.68 bits per heavy atom. The van der Waals surface area contributed by atoms with Crippen LogP contribution < -0.4 is 10.1 Å². The van der Waals surface area contributed by atoms with Gasteiger partial charge in [0.15, 0.2) is 0 Å². The number of aryl methyl sites for hydroxylation is 1. The Bertz CT molecular complexity index is 901. The molecule has 1 aliphatic heterocycles. The van der Waals surface area contributed by atoms with Crippen LogP contribution in [0.4, 0.5) is 4.79 Å². The lowest BCUT2D eigenvalue weighted by atomic mass is 10.0. The number of hydrogen-bond acceptors (Lipinski definition) is 5. The smallest absolute Gasteiger partial charge is 0.407 e. The van der Waals surface area contributed by atoms with E-state index in [0.29, 0.717) is 6.61 Å². The van der Waals surface area contributed by atoms with Crippen LogP contribution in [-0.4, -0.2) is 53.9 Å². The first-order valence-electron chi connectivity index (χ1n) is 13.1. The second-order valence-corrected chi connectivity index (χ2v) is 10.5. The van der Waals surface area contributed by atoms with Crippen molar-refractivity contribution in [1.29, 1.82) is 0 Å². The standard InChI is InChI=1S/C28H43N3O3/c1-5-6-11-22-20-23-12-10-15-29-26(23)25(21-22)34-24-13-17-31(18-14-24)16-8-7-9-19-33-27(32)30-28(2,3)4/h10,12,15,20-21,24H,5-9,11,13-14,16-19H2,1-4H3,(H,30,32). The van der Waals surface area contributed by atoms with Crippen LogP contribution in [0.5, 0.6) is 5.75 Å². The highest BCUT2D eigenvalue weighted by atomic mass is 16.5. The van der Waals surface area contributed by atoms with Crippen LogP contribution in [0.1, 0.15) is 78.2 Å². The molecule has 0 spiro atoms. The summed E-state index contributed by atoms with van der Waals surface area (Å²) >= 11 is 0. The normalized spacial score (nSPS) is 15.4. The first kappa shape index (κ1) is 26.3. The number of rotatable bonds is 11. The molecule has 2 aromatic rings. The number of fused-ring (bicyclic) bond motifs is 1. The quantitative estimate of drug-likeness (QED) is 0.402. The monoisotopic (exact) mass is 469 g/mol. The highest BCUT2D eigenvalue weighted by Crippen LogP contribution is 2.29. The van der Waals surface area contributed by atoms with Crippen LogP contribution in [0.3, 0.4) is 0 Å². The van der Waals surface area contributed by atoms with E-state index < -0.39 is 0 Å². The van der Waals surface area contributed by atoms with Gasteiger partial charge in [-0.2, -0.15) is 0 Å². The molecule has 0 radical (unpaired) electrons. The van der Waals surface area contributed by atoms with E-state index in [-0.39, 0.29) is 17.7 Å². The van der Waals surface area contributed by atoms with Crippen molar-refractivity contribution in [3.8, 4) is 5.75 Å². The molecule has 3 rings (SSSR count). The first-order chi connectivity index (χ1) is 16.3. The van der Waals surface area contributed by atoms with E-state index in [1.165, 1.54) is 23.8 Å². The van der Waals surface area contributed by atoms with Crippen LogP contribution in [0, 0.1) is 0 Å². The van der Waals surface area contributed by atoms with Gasteiger partial charge in [-0.15, -0.1) is 0 Å². The van der Waals surface area contributed by atoms with Crippen molar-refractivity contribution in [2.75, 3.05) is 26.2 Å². The van der Waals surface area contributed by atoms with Crippen molar-refractivity contribution < 1.29 is 14.3 Å². The fourth-order valence-corrected chi connectivity index (χ4v) is 4.38. The minimum Gasteiger partial charge on any atom is -0.488 e. The van der Waals surface area contributed by atoms with Crippen LogP contribution in [0.2, 0.25) is 0 Å². The van der Waals surface area contributed by atoms with Crippen LogP contribution in [-0.2, 0) is 11.2 Å². The minimum atomic E-state index is -0.326. The third-order valence-corrected chi connectivity index (χ3v) is 6.21. The second kappa shape index (κ2) is 12.9. The fraction of sp³-hybridized carbons (Fsp3) is 0.643. The van der Waals surface area contributed by atoms with Gasteiger partial charge < -0.3 is 19.7 Å². The maximum atomic E-state index is 11.7. The Hall–Kier alpha value is -2.34. The van der Waals surface area contributed by atoms with Gasteiger partial charge in [-0.3, -0.25) is 4.98 Å². The Labute approximate surface area is 205 Å². The zero-order valence-electron chi connectivity index (χ0n) is 21.6. The summed E-state index contributed by atoms with van der Waals surface area (Å²) in [5.74, 6) is 0.943. The average Bonchev–Trinajstić information content (AvgIpc) is 2.80. The van der Waals surface area contributed by atoms with Crippen LogP contribution in [0.25, 0.3) is 10.9 Å². The predicted octanol–water partition coefficient (Wildman–Crippen LogP) is 6.12. The Morgan fingerprint density at radius 1 is 1.15 bits per heavy atom. The molecule has 1 amide bonds. The minimum absolute atomic E-state index is 0.248. The van der Waals surface area contributed by atoms with E-state index in [0.717, 1.165) is 69.4 Å². The Morgan fingerprint density at radius 2 is 1.94 bits per heavy atom. The molecule has 0 aliphatic carbocycles. The highest BCUT2D eigenvalue weighted by Gasteiger charge is 2.21. The molecule has 1 saturated heterocycles. The number of benzene rings is 1. The van der Waals surface area contributed by atoms with E-state index in [2.05, 4.69) is 40.3 Å². The van der Waals surface area contributed by atoms with Crippen LogP contribution in [0.15, 0.2) is 30.5 Å². The number of carbonyl (C=O) groups excluding carboxylic acids is 1. The fourth-order valence-electron chi connectivity index (χ4n) is 4.38. The first-order valence-corrected chi connectivity index (χ1v) is 13.1.